The standard InChI is InChI=1S/C21H26N2O4S/c1-17-6-8-18(9-7-17)14-21(24)22-15-19-4-2-3-5-20(19)16-28(25,26)23-10-12-27-13-11-23/h2-9H,10-16H2,1H3,(H,22,24). The van der Waals surface area contributed by atoms with Crippen molar-refractivity contribution >= 4 is 15.9 Å². The van der Waals surface area contributed by atoms with Crippen LogP contribution in [0.5, 0.6) is 0 Å². The fourth-order valence-electron chi connectivity index (χ4n) is 3.13. The van der Waals surface area contributed by atoms with Crippen molar-refractivity contribution in [3.63, 3.8) is 0 Å². The maximum atomic E-state index is 12.7. The van der Waals surface area contributed by atoms with E-state index in [0.717, 1.165) is 16.7 Å². The van der Waals surface area contributed by atoms with Gasteiger partial charge in [-0.15, -0.1) is 0 Å². The van der Waals surface area contributed by atoms with Gasteiger partial charge in [-0.2, -0.15) is 4.31 Å². The Morgan fingerprint density at radius 2 is 1.68 bits per heavy atom. The molecule has 3 rings (SSSR count). The molecular weight excluding hydrogens is 376 g/mol. The summed E-state index contributed by atoms with van der Waals surface area (Å²) in [4.78, 5) is 12.3. The van der Waals surface area contributed by atoms with Crippen molar-refractivity contribution in [2.45, 2.75) is 25.6 Å². The molecule has 150 valence electrons. The zero-order chi connectivity index (χ0) is 20.0. The van der Waals surface area contributed by atoms with E-state index in [0.29, 0.717) is 44.8 Å². The largest absolute Gasteiger partial charge is 0.379 e. The van der Waals surface area contributed by atoms with Crippen molar-refractivity contribution in [1.29, 1.82) is 0 Å². The van der Waals surface area contributed by atoms with Crippen LogP contribution in [0.15, 0.2) is 48.5 Å². The lowest BCUT2D eigenvalue weighted by atomic mass is 10.1. The quantitative estimate of drug-likeness (QED) is 0.769. The van der Waals surface area contributed by atoms with Crippen LogP contribution in [-0.4, -0.2) is 44.9 Å². The zero-order valence-corrected chi connectivity index (χ0v) is 16.9. The van der Waals surface area contributed by atoms with Gasteiger partial charge in [0.25, 0.3) is 0 Å². The second-order valence-corrected chi connectivity index (χ2v) is 8.94. The Hall–Kier alpha value is -2.22. The molecule has 0 aromatic heterocycles. The Morgan fingerprint density at radius 3 is 2.36 bits per heavy atom. The number of rotatable bonds is 7. The summed E-state index contributed by atoms with van der Waals surface area (Å²) in [7, 11) is -3.41. The number of carbonyl (C=O) groups excluding carboxylic acids is 1. The monoisotopic (exact) mass is 402 g/mol. The van der Waals surface area contributed by atoms with Crippen LogP contribution in [0.3, 0.4) is 0 Å². The second-order valence-electron chi connectivity index (χ2n) is 6.98. The fourth-order valence-corrected chi connectivity index (χ4v) is 4.69. The lowest BCUT2D eigenvalue weighted by molar-refractivity contribution is -0.120. The van der Waals surface area contributed by atoms with Crippen molar-refractivity contribution < 1.29 is 17.9 Å². The van der Waals surface area contributed by atoms with Gasteiger partial charge in [0.2, 0.25) is 15.9 Å². The van der Waals surface area contributed by atoms with Crippen LogP contribution in [0.25, 0.3) is 0 Å². The minimum Gasteiger partial charge on any atom is -0.379 e. The summed E-state index contributed by atoms with van der Waals surface area (Å²) >= 11 is 0. The van der Waals surface area contributed by atoms with Gasteiger partial charge in [0.15, 0.2) is 0 Å². The van der Waals surface area contributed by atoms with Gasteiger partial charge >= 0.3 is 0 Å². The summed E-state index contributed by atoms with van der Waals surface area (Å²) in [5.74, 6) is -0.161. The third-order valence-electron chi connectivity index (χ3n) is 4.78. The second kappa shape index (κ2) is 9.32. The van der Waals surface area contributed by atoms with Crippen molar-refractivity contribution in [3.8, 4) is 0 Å². The Kier molecular flexibility index (Phi) is 6.83. The maximum Gasteiger partial charge on any atom is 0.224 e. The zero-order valence-electron chi connectivity index (χ0n) is 16.1. The van der Waals surface area contributed by atoms with Gasteiger partial charge in [-0.05, 0) is 23.6 Å². The molecule has 0 spiro atoms. The lowest BCUT2D eigenvalue weighted by Gasteiger charge is -2.26. The van der Waals surface area contributed by atoms with E-state index in [1.54, 1.807) is 6.07 Å². The summed E-state index contributed by atoms with van der Waals surface area (Å²) in [6.07, 6.45) is 0.300. The van der Waals surface area contributed by atoms with E-state index < -0.39 is 10.0 Å². The first-order chi connectivity index (χ1) is 13.4. The Morgan fingerprint density at radius 1 is 1.04 bits per heavy atom. The summed E-state index contributed by atoms with van der Waals surface area (Å²) in [6, 6.07) is 15.2. The number of benzene rings is 2. The molecule has 0 radical (unpaired) electrons. The number of hydrogen-bond donors (Lipinski definition) is 1. The number of nitrogens with one attached hydrogen (secondary N) is 1. The summed E-state index contributed by atoms with van der Waals surface area (Å²) in [5, 5.41) is 2.90. The first-order valence-corrected chi connectivity index (χ1v) is 11.0. The molecule has 2 aromatic rings. The molecular formula is C21H26N2O4S. The highest BCUT2D eigenvalue weighted by Crippen LogP contribution is 2.16. The smallest absolute Gasteiger partial charge is 0.224 e. The average Bonchev–Trinajstić information content (AvgIpc) is 2.69. The van der Waals surface area contributed by atoms with Crippen LogP contribution in [0.4, 0.5) is 0 Å². The molecule has 1 heterocycles. The van der Waals surface area contributed by atoms with E-state index in [-0.39, 0.29) is 11.7 Å². The first-order valence-electron chi connectivity index (χ1n) is 9.38. The molecule has 1 amide bonds. The van der Waals surface area contributed by atoms with Gasteiger partial charge in [0.05, 0.1) is 25.4 Å². The average molecular weight is 403 g/mol. The number of sulfonamides is 1. The summed E-state index contributed by atoms with van der Waals surface area (Å²) in [5.41, 5.74) is 3.63. The van der Waals surface area contributed by atoms with Crippen LogP contribution in [0.2, 0.25) is 0 Å². The number of hydrogen-bond acceptors (Lipinski definition) is 4. The SMILES string of the molecule is Cc1ccc(CC(=O)NCc2ccccc2CS(=O)(=O)N2CCOCC2)cc1. The van der Waals surface area contributed by atoms with E-state index in [9.17, 15) is 13.2 Å². The molecule has 0 saturated carbocycles. The molecule has 1 N–H and O–H groups in total. The Labute approximate surface area is 166 Å². The number of nitrogens with zero attached hydrogens (tertiary/aromatic N) is 1. The van der Waals surface area contributed by atoms with Crippen molar-refractivity contribution in [1.82, 2.24) is 9.62 Å². The van der Waals surface area contributed by atoms with Gasteiger partial charge < -0.3 is 10.1 Å². The summed E-state index contributed by atoms with van der Waals surface area (Å²) < 4.78 is 32.1. The van der Waals surface area contributed by atoms with Crippen LogP contribution < -0.4 is 5.32 Å². The first kappa shape index (κ1) is 20.5. The van der Waals surface area contributed by atoms with Crippen LogP contribution in [-0.2, 0) is 38.3 Å². The van der Waals surface area contributed by atoms with Crippen LogP contribution >= 0.6 is 0 Å². The number of carbonyl (C=O) groups is 1. The number of morpholine rings is 1. The van der Waals surface area contributed by atoms with Gasteiger partial charge in [0, 0.05) is 19.6 Å². The van der Waals surface area contributed by atoms with E-state index >= 15 is 0 Å². The molecule has 1 saturated heterocycles. The van der Waals surface area contributed by atoms with Gasteiger partial charge in [0.1, 0.15) is 0 Å². The molecule has 1 aliphatic rings. The highest BCUT2D eigenvalue weighted by molar-refractivity contribution is 7.88. The molecule has 0 aliphatic carbocycles. The predicted molar refractivity (Wildman–Crippen MR) is 108 cm³/mol. The minimum absolute atomic E-state index is 0.0724. The van der Waals surface area contributed by atoms with E-state index in [2.05, 4.69) is 5.32 Å². The van der Waals surface area contributed by atoms with Gasteiger partial charge in [-0.25, -0.2) is 8.42 Å². The summed E-state index contributed by atoms with van der Waals surface area (Å²) in [6.45, 7) is 3.94. The molecule has 0 bridgehead atoms. The molecule has 1 aliphatic heterocycles. The van der Waals surface area contributed by atoms with E-state index in [4.69, 9.17) is 4.74 Å². The number of ether oxygens (including phenoxy) is 1. The third kappa shape index (κ3) is 5.64. The number of amides is 1. The van der Waals surface area contributed by atoms with Crippen molar-refractivity contribution in [2.75, 3.05) is 26.3 Å². The highest BCUT2D eigenvalue weighted by Gasteiger charge is 2.25. The predicted octanol–water partition coefficient (Wildman–Crippen LogP) is 2.02. The van der Waals surface area contributed by atoms with Crippen LogP contribution in [0.1, 0.15) is 22.3 Å². The molecule has 6 nitrogen and oxygen atoms in total. The topological polar surface area (TPSA) is 75.7 Å². The molecule has 0 unspecified atom stereocenters. The fraction of sp³-hybridized carbons (Fsp3) is 0.381. The van der Waals surface area contributed by atoms with Crippen LogP contribution in [0, 0.1) is 6.92 Å². The molecule has 1 fully saturated rings. The lowest BCUT2D eigenvalue weighted by Crippen LogP contribution is -2.41. The Bertz CT molecular complexity index is 904. The normalized spacial score (nSPS) is 15.3. The highest BCUT2D eigenvalue weighted by atomic mass is 32.2. The molecule has 28 heavy (non-hydrogen) atoms. The maximum absolute atomic E-state index is 12.7. The molecule has 2 aromatic carbocycles. The van der Waals surface area contributed by atoms with Gasteiger partial charge in [-0.3, -0.25) is 4.79 Å². The van der Waals surface area contributed by atoms with E-state index in [1.165, 1.54) is 4.31 Å². The van der Waals surface area contributed by atoms with Crippen molar-refractivity contribution in [3.05, 3.63) is 70.8 Å². The number of aryl methyl sites for hydroxylation is 1. The molecule has 0 atom stereocenters. The third-order valence-corrected chi connectivity index (χ3v) is 6.61. The minimum atomic E-state index is -3.41. The van der Waals surface area contributed by atoms with Crippen molar-refractivity contribution in [2.24, 2.45) is 0 Å². The molecule has 7 heteroatoms. The van der Waals surface area contributed by atoms with E-state index in [1.807, 2.05) is 49.4 Å². The Balaban J connectivity index is 1.61. The van der Waals surface area contributed by atoms with Gasteiger partial charge in [-0.1, -0.05) is 54.1 Å².